The van der Waals surface area contributed by atoms with E-state index in [1.165, 1.54) is 0 Å². The summed E-state index contributed by atoms with van der Waals surface area (Å²) < 4.78 is 6.89. The molecule has 1 aromatic carbocycles. The molecule has 0 bridgehead atoms. The SMILES string of the molecule is Cc1ccc(C)c(C(=O)COC(=O)Cc2c(C)nn(C)c2C)c1. The zero-order valence-electron chi connectivity index (χ0n) is 14.3. The van der Waals surface area contributed by atoms with Gasteiger partial charge in [-0.2, -0.15) is 5.10 Å². The molecule has 0 saturated carbocycles. The second kappa shape index (κ2) is 6.77. The van der Waals surface area contributed by atoms with Crippen molar-refractivity contribution in [3.63, 3.8) is 0 Å². The number of aryl methyl sites for hydroxylation is 4. The van der Waals surface area contributed by atoms with E-state index in [-0.39, 0.29) is 18.8 Å². The van der Waals surface area contributed by atoms with Gasteiger partial charge in [0.05, 0.1) is 12.1 Å². The first kappa shape index (κ1) is 16.9. The van der Waals surface area contributed by atoms with Crippen LogP contribution in [0.2, 0.25) is 0 Å². The van der Waals surface area contributed by atoms with Gasteiger partial charge in [-0.3, -0.25) is 14.3 Å². The molecule has 0 atom stereocenters. The quantitative estimate of drug-likeness (QED) is 0.629. The number of hydrogen-bond donors (Lipinski definition) is 0. The third kappa shape index (κ3) is 3.86. The molecule has 0 aliphatic rings. The number of ketones is 1. The van der Waals surface area contributed by atoms with Gasteiger partial charge in [0, 0.05) is 23.9 Å². The lowest BCUT2D eigenvalue weighted by atomic mass is 10.0. The number of carbonyl (C=O) groups is 2. The monoisotopic (exact) mass is 314 g/mol. The summed E-state index contributed by atoms with van der Waals surface area (Å²) in [6, 6.07) is 5.67. The molecule has 122 valence electrons. The van der Waals surface area contributed by atoms with Crippen molar-refractivity contribution in [2.24, 2.45) is 7.05 Å². The molecule has 0 aliphatic carbocycles. The van der Waals surface area contributed by atoms with Gasteiger partial charge < -0.3 is 4.74 Å². The van der Waals surface area contributed by atoms with Crippen molar-refractivity contribution in [3.8, 4) is 0 Å². The molecule has 0 radical (unpaired) electrons. The van der Waals surface area contributed by atoms with Gasteiger partial charge in [0.25, 0.3) is 0 Å². The number of benzene rings is 1. The molecule has 23 heavy (non-hydrogen) atoms. The highest BCUT2D eigenvalue weighted by Gasteiger charge is 2.16. The summed E-state index contributed by atoms with van der Waals surface area (Å²) in [5, 5.41) is 4.27. The largest absolute Gasteiger partial charge is 0.457 e. The van der Waals surface area contributed by atoms with Gasteiger partial charge in [-0.25, -0.2) is 0 Å². The van der Waals surface area contributed by atoms with E-state index in [1.54, 1.807) is 4.68 Å². The number of aromatic nitrogens is 2. The highest BCUT2D eigenvalue weighted by Crippen LogP contribution is 2.14. The molecule has 1 aromatic heterocycles. The molecule has 0 amide bonds. The Morgan fingerprint density at radius 1 is 1.17 bits per heavy atom. The van der Waals surface area contributed by atoms with Crippen LogP contribution in [0, 0.1) is 27.7 Å². The van der Waals surface area contributed by atoms with E-state index < -0.39 is 5.97 Å². The minimum atomic E-state index is -0.414. The molecule has 5 nitrogen and oxygen atoms in total. The molecule has 0 unspecified atom stereocenters. The second-order valence-electron chi connectivity index (χ2n) is 5.85. The molecule has 0 fully saturated rings. The summed E-state index contributed by atoms with van der Waals surface area (Å²) in [4.78, 5) is 24.2. The molecule has 2 rings (SSSR count). The van der Waals surface area contributed by atoms with Crippen molar-refractivity contribution in [3.05, 3.63) is 51.8 Å². The Kier molecular flexibility index (Phi) is 4.98. The van der Waals surface area contributed by atoms with Crippen molar-refractivity contribution in [2.45, 2.75) is 34.1 Å². The average molecular weight is 314 g/mol. The van der Waals surface area contributed by atoms with E-state index in [9.17, 15) is 9.59 Å². The van der Waals surface area contributed by atoms with E-state index in [1.807, 2.05) is 52.9 Å². The third-order valence-electron chi connectivity index (χ3n) is 4.04. The van der Waals surface area contributed by atoms with Crippen LogP contribution < -0.4 is 0 Å². The zero-order valence-corrected chi connectivity index (χ0v) is 14.3. The number of nitrogens with zero attached hydrogens (tertiary/aromatic N) is 2. The second-order valence-corrected chi connectivity index (χ2v) is 5.85. The summed E-state index contributed by atoms with van der Waals surface area (Å²) in [7, 11) is 1.83. The van der Waals surface area contributed by atoms with Crippen LogP contribution >= 0.6 is 0 Å². The van der Waals surface area contributed by atoms with Crippen LogP contribution in [0.15, 0.2) is 18.2 Å². The van der Waals surface area contributed by atoms with Crippen molar-refractivity contribution in [1.29, 1.82) is 0 Å². The van der Waals surface area contributed by atoms with Crippen LogP contribution in [-0.4, -0.2) is 28.1 Å². The molecule has 2 aromatic rings. The smallest absolute Gasteiger partial charge is 0.310 e. The van der Waals surface area contributed by atoms with Crippen LogP contribution in [0.4, 0.5) is 0 Å². The fraction of sp³-hybridized carbons (Fsp3) is 0.389. The molecule has 0 spiro atoms. The Balaban J connectivity index is 1.99. The Bertz CT molecular complexity index is 760. The lowest BCUT2D eigenvalue weighted by Crippen LogP contribution is -2.17. The maximum atomic E-state index is 12.2. The Labute approximate surface area is 136 Å². The third-order valence-corrected chi connectivity index (χ3v) is 4.04. The topological polar surface area (TPSA) is 61.2 Å². The van der Waals surface area contributed by atoms with E-state index in [0.717, 1.165) is 28.1 Å². The van der Waals surface area contributed by atoms with E-state index in [2.05, 4.69) is 5.10 Å². The fourth-order valence-electron chi connectivity index (χ4n) is 2.53. The molecule has 0 N–H and O–H groups in total. The van der Waals surface area contributed by atoms with Crippen LogP contribution in [0.25, 0.3) is 0 Å². The summed E-state index contributed by atoms with van der Waals surface area (Å²) in [6.45, 7) is 7.33. The molecule has 1 heterocycles. The van der Waals surface area contributed by atoms with Crippen molar-refractivity contribution in [1.82, 2.24) is 9.78 Å². The minimum absolute atomic E-state index is 0.131. The Morgan fingerprint density at radius 3 is 2.48 bits per heavy atom. The molecular formula is C18H22N2O3. The van der Waals surface area contributed by atoms with Gasteiger partial charge in [-0.15, -0.1) is 0 Å². The van der Waals surface area contributed by atoms with E-state index in [0.29, 0.717) is 5.56 Å². The predicted octanol–water partition coefficient (Wildman–Crippen LogP) is 2.62. The normalized spacial score (nSPS) is 10.7. The lowest BCUT2D eigenvalue weighted by Gasteiger charge is -2.08. The number of esters is 1. The standard InChI is InChI=1S/C18H22N2O3/c1-11-6-7-12(2)15(8-11)17(21)10-23-18(22)9-16-13(3)19-20(5)14(16)4/h6-8H,9-10H2,1-5H3. The highest BCUT2D eigenvalue weighted by molar-refractivity contribution is 5.99. The Morgan fingerprint density at radius 2 is 1.87 bits per heavy atom. The first-order valence-electron chi connectivity index (χ1n) is 7.54. The number of rotatable bonds is 5. The summed E-state index contributed by atoms with van der Waals surface area (Å²) in [5.41, 5.74) is 5.09. The predicted molar refractivity (Wildman–Crippen MR) is 87.6 cm³/mol. The van der Waals surface area contributed by atoms with Gasteiger partial charge in [0.15, 0.2) is 6.61 Å². The maximum absolute atomic E-state index is 12.2. The fourth-order valence-corrected chi connectivity index (χ4v) is 2.53. The van der Waals surface area contributed by atoms with Crippen LogP contribution in [-0.2, 0) is 23.0 Å². The highest BCUT2D eigenvalue weighted by atomic mass is 16.5. The minimum Gasteiger partial charge on any atom is -0.457 e. The Hall–Kier alpha value is -2.43. The number of ether oxygens (including phenoxy) is 1. The van der Waals surface area contributed by atoms with E-state index >= 15 is 0 Å². The van der Waals surface area contributed by atoms with Crippen LogP contribution in [0.3, 0.4) is 0 Å². The van der Waals surface area contributed by atoms with Gasteiger partial charge in [0.2, 0.25) is 5.78 Å². The molecular weight excluding hydrogens is 292 g/mol. The van der Waals surface area contributed by atoms with Crippen molar-refractivity contribution in [2.75, 3.05) is 6.61 Å². The maximum Gasteiger partial charge on any atom is 0.310 e. The average Bonchev–Trinajstić information content (AvgIpc) is 2.73. The zero-order chi connectivity index (χ0) is 17.1. The van der Waals surface area contributed by atoms with E-state index in [4.69, 9.17) is 4.74 Å². The van der Waals surface area contributed by atoms with Crippen LogP contribution in [0.5, 0.6) is 0 Å². The van der Waals surface area contributed by atoms with Gasteiger partial charge >= 0.3 is 5.97 Å². The molecule has 0 aliphatic heterocycles. The van der Waals surface area contributed by atoms with Gasteiger partial charge in [0.1, 0.15) is 0 Å². The molecule has 0 saturated heterocycles. The van der Waals surface area contributed by atoms with Gasteiger partial charge in [-0.1, -0.05) is 17.7 Å². The molecule has 5 heteroatoms. The number of hydrogen-bond acceptors (Lipinski definition) is 4. The van der Waals surface area contributed by atoms with Crippen LogP contribution in [0.1, 0.15) is 38.4 Å². The van der Waals surface area contributed by atoms with Gasteiger partial charge in [-0.05, 0) is 39.3 Å². The number of carbonyl (C=O) groups excluding carboxylic acids is 2. The first-order valence-corrected chi connectivity index (χ1v) is 7.54. The lowest BCUT2D eigenvalue weighted by molar-refractivity contribution is -0.141. The summed E-state index contributed by atoms with van der Waals surface area (Å²) in [6.07, 6.45) is 0.131. The first-order chi connectivity index (χ1) is 10.8. The van der Waals surface area contributed by atoms with Crippen molar-refractivity contribution >= 4 is 11.8 Å². The number of Topliss-reactive ketones (excluding diaryl/α,β-unsaturated/α-hetero) is 1. The summed E-state index contributed by atoms with van der Waals surface area (Å²) >= 11 is 0. The van der Waals surface area contributed by atoms with Crippen molar-refractivity contribution < 1.29 is 14.3 Å². The summed E-state index contributed by atoms with van der Waals surface area (Å²) in [5.74, 6) is -0.595.